The minimum Gasteiger partial charge on any atom is -0.493 e. The van der Waals surface area contributed by atoms with Crippen molar-refractivity contribution in [1.82, 2.24) is 5.32 Å². The summed E-state index contributed by atoms with van der Waals surface area (Å²) < 4.78 is 39.7. The Hall–Kier alpha value is -3.04. The lowest BCUT2D eigenvalue weighted by Crippen LogP contribution is -2.40. The second kappa shape index (κ2) is 11.4. The number of ether oxygens (including phenoxy) is 2. The normalized spacial score (nSPS) is 11.2. The third-order valence-corrected chi connectivity index (χ3v) is 7.13. The summed E-state index contributed by atoms with van der Waals surface area (Å²) >= 11 is 3.35. The molecule has 0 aliphatic rings. The molecular formula is C25H27BrN2O5S. The number of nitrogens with zero attached hydrogens (tertiary/aromatic N) is 1. The molecule has 3 aromatic carbocycles. The fourth-order valence-corrected chi connectivity index (χ4v) is 4.91. The van der Waals surface area contributed by atoms with E-state index in [2.05, 4.69) is 21.2 Å². The summed E-state index contributed by atoms with van der Waals surface area (Å²) in [6.45, 7) is 3.68. The number of hydrogen-bond donors (Lipinski definition) is 1. The molecule has 0 bridgehead atoms. The highest BCUT2D eigenvalue weighted by molar-refractivity contribution is 9.10. The number of anilines is 1. The Bertz CT molecular complexity index is 1220. The zero-order valence-electron chi connectivity index (χ0n) is 19.2. The van der Waals surface area contributed by atoms with Crippen LogP contribution in [0.2, 0.25) is 0 Å². The number of nitrogens with one attached hydrogen (secondary N) is 1. The van der Waals surface area contributed by atoms with Crippen LogP contribution in [0.4, 0.5) is 5.69 Å². The third-order valence-electron chi connectivity index (χ3n) is 4.81. The standard InChI is InChI=1S/C25H27BrN2O5S/c1-18(2)33-23-14-9-19(15-24(23)32-3)16-27-25(29)17-28(21-12-10-20(26)11-13-21)34(30,31)22-7-5-4-6-8-22/h4-15,18H,16-17H2,1-3H3,(H,27,29). The molecule has 0 aliphatic carbocycles. The summed E-state index contributed by atoms with van der Waals surface area (Å²) in [5.74, 6) is 0.732. The molecule has 34 heavy (non-hydrogen) atoms. The highest BCUT2D eigenvalue weighted by Gasteiger charge is 2.27. The van der Waals surface area contributed by atoms with E-state index in [-0.39, 0.29) is 24.1 Å². The van der Waals surface area contributed by atoms with Crippen molar-refractivity contribution in [2.24, 2.45) is 0 Å². The SMILES string of the molecule is COc1cc(CNC(=O)CN(c2ccc(Br)cc2)S(=O)(=O)c2ccccc2)ccc1OC(C)C. The first-order chi connectivity index (χ1) is 16.2. The van der Waals surface area contributed by atoms with E-state index >= 15 is 0 Å². The summed E-state index contributed by atoms with van der Waals surface area (Å²) in [6, 6.07) is 20.2. The number of sulfonamides is 1. The number of methoxy groups -OCH3 is 1. The van der Waals surface area contributed by atoms with Gasteiger partial charge in [0.05, 0.1) is 23.8 Å². The maximum Gasteiger partial charge on any atom is 0.264 e. The van der Waals surface area contributed by atoms with Crippen molar-refractivity contribution in [2.75, 3.05) is 18.0 Å². The molecule has 1 N–H and O–H groups in total. The molecule has 0 fully saturated rings. The van der Waals surface area contributed by atoms with Gasteiger partial charge in [-0.15, -0.1) is 0 Å². The van der Waals surface area contributed by atoms with E-state index in [4.69, 9.17) is 9.47 Å². The van der Waals surface area contributed by atoms with Crippen LogP contribution in [-0.4, -0.2) is 34.1 Å². The number of halogens is 1. The Labute approximate surface area is 208 Å². The van der Waals surface area contributed by atoms with Gasteiger partial charge in [0.15, 0.2) is 11.5 Å². The van der Waals surface area contributed by atoms with Crippen LogP contribution in [0.15, 0.2) is 82.2 Å². The number of carbonyl (C=O) groups is 1. The molecule has 9 heteroatoms. The van der Waals surface area contributed by atoms with E-state index in [1.165, 1.54) is 12.1 Å². The van der Waals surface area contributed by atoms with Crippen LogP contribution in [0.5, 0.6) is 11.5 Å². The predicted molar refractivity (Wildman–Crippen MR) is 136 cm³/mol. The van der Waals surface area contributed by atoms with Gasteiger partial charge in [-0.3, -0.25) is 9.10 Å². The van der Waals surface area contributed by atoms with Crippen LogP contribution in [0.1, 0.15) is 19.4 Å². The first kappa shape index (κ1) is 25.6. The van der Waals surface area contributed by atoms with Crippen molar-refractivity contribution < 1.29 is 22.7 Å². The van der Waals surface area contributed by atoms with Gasteiger partial charge >= 0.3 is 0 Å². The lowest BCUT2D eigenvalue weighted by atomic mass is 10.2. The van der Waals surface area contributed by atoms with Crippen LogP contribution in [0.3, 0.4) is 0 Å². The highest BCUT2D eigenvalue weighted by atomic mass is 79.9. The van der Waals surface area contributed by atoms with Gasteiger partial charge in [-0.2, -0.15) is 0 Å². The molecule has 3 aromatic rings. The molecule has 1 amide bonds. The van der Waals surface area contributed by atoms with Crippen LogP contribution in [0.25, 0.3) is 0 Å². The fourth-order valence-electron chi connectivity index (χ4n) is 3.20. The summed E-state index contributed by atoms with van der Waals surface area (Å²) in [6.07, 6.45) is -0.00407. The predicted octanol–water partition coefficient (Wildman–Crippen LogP) is 4.76. The van der Waals surface area contributed by atoms with Crippen LogP contribution in [0, 0.1) is 0 Å². The Morgan fingerprint density at radius 2 is 1.68 bits per heavy atom. The van der Waals surface area contributed by atoms with Gasteiger partial charge in [0, 0.05) is 11.0 Å². The van der Waals surface area contributed by atoms with Gasteiger partial charge in [0.25, 0.3) is 10.0 Å². The zero-order valence-corrected chi connectivity index (χ0v) is 21.6. The summed E-state index contributed by atoms with van der Waals surface area (Å²) in [4.78, 5) is 12.9. The van der Waals surface area contributed by atoms with Crippen molar-refractivity contribution >= 4 is 37.5 Å². The van der Waals surface area contributed by atoms with E-state index < -0.39 is 15.9 Å². The van der Waals surface area contributed by atoms with Crippen molar-refractivity contribution in [3.8, 4) is 11.5 Å². The van der Waals surface area contributed by atoms with E-state index in [0.717, 1.165) is 14.3 Å². The maximum absolute atomic E-state index is 13.3. The number of benzene rings is 3. The average Bonchev–Trinajstić information content (AvgIpc) is 2.82. The molecule has 7 nitrogen and oxygen atoms in total. The third kappa shape index (κ3) is 6.51. The van der Waals surface area contributed by atoms with E-state index in [1.54, 1.807) is 61.7 Å². The first-order valence-electron chi connectivity index (χ1n) is 10.6. The van der Waals surface area contributed by atoms with E-state index in [9.17, 15) is 13.2 Å². The van der Waals surface area contributed by atoms with Gasteiger partial charge in [0.2, 0.25) is 5.91 Å². The highest BCUT2D eigenvalue weighted by Crippen LogP contribution is 2.29. The van der Waals surface area contributed by atoms with Gasteiger partial charge in [0.1, 0.15) is 6.54 Å². The fraction of sp³-hybridized carbons (Fsp3) is 0.240. The van der Waals surface area contributed by atoms with Crippen molar-refractivity contribution in [3.05, 3.63) is 82.8 Å². The first-order valence-corrected chi connectivity index (χ1v) is 12.9. The van der Waals surface area contributed by atoms with Crippen LogP contribution in [-0.2, 0) is 21.4 Å². The largest absolute Gasteiger partial charge is 0.493 e. The molecule has 0 saturated heterocycles. The van der Waals surface area contributed by atoms with Gasteiger partial charge in [-0.1, -0.05) is 40.2 Å². The number of rotatable bonds is 10. The monoisotopic (exact) mass is 546 g/mol. The summed E-state index contributed by atoms with van der Waals surface area (Å²) in [7, 11) is -2.40. The van der Waals surface area contributed by atoms with Gasteiger partial charge in [-0.25, -0.2) is 8.42 Å². The second-order valence-corrected chi connectivity index (χ2v) is 10.5. The number of carbonyl (C=O) groups excluding carboxylic acids is 1. The van der Waals surface area contributed by atoms with E-state index in [0.29, 0.717) is 17.2 Å². The number of amides is 1. The Morgan fingerprint density at radius 3 is 2.29 bits per heavy atom. The molecule has 0 spiro atoms. The van der Waals surface area contributed by atoms with Crippen LogP contribution >= 0.6 is 15.9 Å². The molecule has 0 radical (unpaired) electrons. The summed E-state index contributed by atoms with van der Waals surface area (Å²) in [5, 5.41) is 2.80. The topological polar surface area (TPSA) is 84.9 Å². The molecular weight excluding hydrogens is 520 g/mol. The minimum atomic E-state index is -3.95. The Balaban J connectivity index is 1.78. The minimum absolute atomic E-state index is 0.00407. The molecule has 3 rings (SSSR count). The maximum atomic E-state index is 13.3. The molecule has 180 valence electrons. The molecule has 0 aromatic heterocycles. The lowest BCUT2D eigenvalue weighted by molar-refractivity contribution is -0.119. The average molecular weight is 547 g/mol. The van der Waals surface area contributed by atoms with Crippen molar-refractivity contribution in [1.29, 1.82) is 0 Å². The second-order valence-electron chi connectivity index (χ2n) is 7.73. The molecule has 0 atom stereocenters. The van der Waals surface area contributed by atoms with Crippen molar-refractivity contribution in [2.45, 2.75) is 31.4 Å². The molecule has 0 saturated carbocycles. The van der Waals surface area contributed by atoms with Gasteiger partial charge in [-0.05, 0) is 67.9 Å². The van der Waals surface area contributed by atoms with Crippen molar-refractivity contribution in [3.63, 3.8) is 0 Å². The van der Waals surface area contributed by atoms with Gasteiger partial charge < -0.3 is 14.8 Å². The Morgan fingerprint density at radius 1 is 1.00 bits per heavy atom. The molecule has 0 aliphatic heterocycles. The van der Waals surface area contributed by atoms with Crippen LogP contribution < -0.4 is 19.1 Å². The Kier molecular flexibility index (Phi) is 8.57. The summed E-state index contributed by atoms with van der Waals surface area (Å²) in [5.41, 5.74) is 1.18. The number of hydrogen-bond acceptors (Lipinski definition) is 5. The quantitative estimate of drug-likeness (QED) is 0.396. The zero-order chi connectivity index (χ0) is 24.7. The lowest BCUT2D eigenvalue weighted by Gasteiger charge is -2.24. The molecule has 0 unspecified atom stereocenters. The van der Waals surface area contributed by atoms with E-state index in [1.807, 2.05) is 19.9 Å². The smallest absolute Gasteiger partial charge is 0.264 e. The molecule has 0 heterocycles.